The molecule has 2 aromatic heterocycles. The number of nitrogen functional groups attached to an aromatic ring is 1. The second-order valence-electron chi connectivity index (χ2n) is 3.29. The van der Waals surface area contributed by atoms with Crippen molar-refractivity contribution in [3.63, 3.8) is 0 Å². The molecule has 2 N–H and O–H groups in total. The first-order valence-corrected chi connectivity index (χ1v) is 4.43. The van der Waals surface area contributed by atoms with Crippen molar-refractivity contribution in [3.05, 3.63) is 30.0 Å². The molecular formula is C9H13N5. The second kappa shape index (κ2) is 3.17. The minimum absolute atomic E-state index is 0.678. The molecule has 0 fully saturated rings. The molecule has 0 aliphatic carbocycles. The number of hydrogen-bond acceptors (Lipinski definition) is 3. The lowest BCUT2D eigenvalue weighted by molar-refractivity contribution is 0.697. The fourth-order valence-corrected chi connectivity index (χ4v) is 1.37. The largest absolute Gasteiger partial charge is 0.384 e. The number of aryl methyl sites for hydroxylation is 2. The molecule has 2 heterocycles. The van der Waals surface area contributed by atoms with Crippen LogP contribution in [-0.2, 0) is 13.6 Å². The van der Waals surface area contributed by atoms with Crippen LogP contribution in [0.25, 0.3) is 0 Å². The molecule has 0 aliphatic rings. The number of nitrogens with zero attached hydrogens (tertiary/aromatic N) is 4. The summed E-state index contributed by atoms with van der Waals surface area (Å²) >= 11 is 0. The Labute approximate surface area is 82.2 Å². The SMILES string of the molecule is Cc1nccn1Cc1cc(N)n(C)n1. The molecule has 0 saturated heterocycles. The average molecular weight is 191 g/mol. The summed E-state index contributed by atoms with van der Waals surface area (Å²) in [6, 6.07) is 1.87. The molecule has 14 heavy (non-hydrogen) atoms. The Hall–Kier alpha value is -1.78. The molecule has 0 aliphatic heterocycles. The van der Waals surface area contributed by atoms with Crippen molar-refractivity contribution in [2.75, 3.05) is 5.73 Å². The molecule has 2 aromatic rings. The monoisotopic (exact) mass is 191 g/mol. The zero-order valence-electron chi connectivity index (χ0n) is 8.31. The summed E-state index contributed by atoms with van der Waals surface area (Å²) in [6.45, 7) is 2.68. The van der Waals surface area contributed by atoms with E-state index in [-0.39, 0.29) is 0 Å². The van der Waals surface area contributed by atoms with Gasteiger partial charge in [-0.15, -0.1) is 0 Å². The van der Waals surface area contributed by atoms with Crippen LogP contribution < -0.4 is 5.73 Å². The highest BCUT2D eigenvalue weighted by Gasteiger charge is 2.03. The lowest BCUT2D eigenvalue weighted by Gasteiger charge is -2.00. The zero-order valence-corrected chi connectivity index (χ0v) is 8.31. The van der Waals surface area contributed by atoms with E-state index >= 15 is 0 Å². The minimum Gasteiger partial charge on any atom is -0.384 e. The van der Waals surface area contributed by atoms with E-state index in [0.29, 0.717) is 5.82 Å². The fraction of sp³-hybridized carbons (Fsp3) is 0.333. The molecule has 0 amide bonds. The van der Waals surface area contributed by atoms with Gasteiger partial charge in [-0.2, -0.15) is 5.10 Å². The number of aromatic nitrogens is 4. The van der Waals surface area contributed by atoms with Gasteiger partial charge >= 0.3 is 0 Å². The van der Waals surface area contributed by atoms with Crippen LogP contribution in [0.4, 0.5) is 5.82 Å². The topological polar surface area (TPSA) is 61.7 Å². The molecule has 0 unspecified atom stereocenters. The standard InChI is InChI=1S/C9H13N5/c1-7-11-3-4-14(7)6-8-5-9(10)13(2)12-8/h3-5H,6,10H2,1-2H3. The summed E-state index contributed by atoms with van der Waals surface area (Å²) in [5.74, 6) is 1.66. The smallest absolute Gasteiger partial charge is 0.121 e. The third-order valence-corrected chi connectivity index (χ3v) is 2.22. The summed E-state index contributed by atoms with van der Waals surface area (Å²) in [5, 5.41) is 4.27. The van der Waals surface area contributed by atoms with Crippen LogP contribution in [0, 0.1) is 6.92 Å². The van der Waals surface area contributed by atoms with E-state index in [9.17, 15) is 0 Å². The van der Waals surface area contributed by atoms with E-state index in [4.69, 9.17) is 5.73 Å². The Morgan fingerprint density at radius 1 is 1.50 bits per heavy atom. The van der Waals surface area contributed by atoms with Crippen LogP contribution in [-0.4, -0.2) is 19.3 Å². The number of hydrogen-bond donors (Lipinski definition) is 1. The molecule has 0 spiro atoms. The highest BCUT2D eigenvalue weighted by molar-refractivity contribution is 5.30. The molecule has 0 saturated carbocycles. The summed E-state index contributed by atoms with van der Waals surface area (Å²) in [5.41, 5.74) is 6.63. The third-order valence-electron chi connectivity index (χ3n) is 2.22. The Kier molecular flexibility index (Phi) is 1.99. The maximum atomic E-state index is 5.68. The lowest BCUT2D eigenvalue weighted by atomic mass is 10.4. The molecule has 0 radical (unpaired) electrons. The summed E-state index contributed by atoms with van der Waals surface area (Å²) in [6.07, 6.45) is 3.71. The van der Waals surface area contributed by atoms with Gasteiger partial charge in [-0.25, -0.2) is 4.98 Å². The molecule has 5 heteroatoms. The van der Waals surface area contributed by atoms with E-state index in [2.05, 4.69) is 10.1 Å². The normalized spacial score (nSPS) is 10.7. The first-order chi connectivity index (χ1) is 6.66. The van der Waals surface area contributed by atoms with Crippen molar-refractivity contribution >= 4 is 5.82 Å². The predicted octanol–water partition coefficient (Wildman–Crippen LogP) is 0.556. The molecule has 5 nitrogen and oxygen atoms in total. The van der Waals surface area contributed by atoms with Gasteiger partial charge in [0.1, 0.15) is 11.6 Å². The van der Waals surface area contributed by atoms with E-state index < -0.39 is 0 Å². The van der Waals surface area contributed by atoms with Crippen LogP contribution in [0.2, 0.25) is 0 Å². The van der Waals surface area contributed by atoms with Gasteiger partial charge in [0.15, 0.2) is 0 Å². The number of rotatable bonds is 2. The van der Waals surface area contributed by atoms with Gasteiger partial charge in [0.2, 0.25) is 0 Å². The van der Waals surface area contributed by atoms with Crippen molar-refractivity contribution in [3.8, 4) is 0 Å². The van der Waals surface area contributed by atoms with Crippen molar-refractivity contribution in [2.24, 2.45) is 7.05 Å². The number of imidazole rings is 1. The molecule has 74 valence electrons. The number of anilines is 1. The quantitative estimate of drug-likeness (QED) is 0.754. The molecule has 2 rings (SSSR count). The van der Waals surface area contributed by atoms with Crippen LogP contribution in [0.15, 0.2) is 18.5 Å². The minimum atomic E-state index is 0.678. The van der Waals surface area contributed by atoms with Crippen molar-refractivity contribution in [1.82, 2.24) is 19.3 Å². The van der Waals surface area contributed by atoms with Gasteiger partial charge in [0, 0.05) is 25.5 Å². The van der Waals surface area contributed by atoms with Gasteiger partial charge in [-0.3, -0.25) is 4.68 Å². The van der Waals surface area contributed by atoms with Crippen molar-refractivity contribution in [1.29, 1.82) is 0 Å². The van der Waals surface area contributed by atoms with Crippen LogP contribution in [0.3, 0.4) is 0 Å². The Balaban J connectivity index is 2.23. The van der Waals surface area contributed by atoms with E-state index in [0.717, 1.165) is 18.1 Å². The van der Waals surface area contributed by atoms with E-state index in [1.165, 1.54) is 0 Å². The first kappa shape index (κ1) is 8.80. The third kappa shape index (κ3) is 1.48. The molecular weight excluding hydrogens is 178 g/mol. The maximum Gasteiger partial charge on any atom is 0.121 e. The maximum absolute atomic E-state index is 5.68. The van der Waals surface area contributed by atoms with Gasteiger partial charge in [-0.1, -0.05) is 0 Å². The summed E-state index contributed by atoms with van der Waals surface area (Å²) < 4.78 is 3.70. The summed E-state index contributed by atoms with van der Waals surface area (Å²) in [4.78, 5) is 4.14. The molecule has 0 bridgehead atoms. The van der Waals surface area contributed by atoms with Gasteiger partial charge in [0.05, 0.1) is 12.2 Å². The van der Waals surface area contributed by atoms with Crippen LogP contribution >= 0.6 is 0 Å². The average Bonchev–Trinajstić information content (AvgIpc) is 2.63. The van der Waals surface area contributed by atoms with E-state index in [1.807, 2.05) is 30.8 Å². The van der Waals surface area contributed by atoms with Crippen molar-refractivity contribution in [2.45, 2.75) is 13.5 Å². The number of nitrogens with two attached hydrogens (primary N) is 1. The van der Waals surface area contributed by atoms with Gasteiger partial charge in [-0.05, 0) is 6.92 Å². The fourth-order valence-electron chi connectivity index (χ4n) is 1.37. The van der Waals surface area contributed by atoms with Crippen LogP contribution in [0.1, 0.15) is 11.5 Å². The predicted molar refractivity (Wildman–Crippen MR) is 53.7 cm³/mol. The Morgan fingerprint density at radius 2 is 2.29 bits per heavy atom. The molecule has 0 atom stereocenters. The zero-order chi connectivity index (χ0) is 10.1. The van der Waals surface area contributed by atoms with E-state index in [1.54, 1.807) is 10.9 Å². The van der Waals surface area contributed by atoms with Gasteiger partial charge in [0.25, 0.3) is 0 Å². The van der Waals surface area contributed by atoms with Gasteiger partial charge < -0.3 is 10.3 Å². The van der Waals surface area contributed by atoms with Crippen molar-refractivity contribution < 1.29 is 0 Å². The highest BCUT2D eigenvalue weighted by Crippen LogP contribution is 2.07. The Morgan fingerprint density at radius 3 is 2.79 bits per heavy atom. The second-order valence-corrected chi connectivity index (χ2v) is 3.29. The molecule has 0 aromatic carbocycles. The first-order valence-electron chi connectivity index (χ1n) is 4.43. The lowest BCUT2D eigenvalue weighted by Crippen LogP contribution is -2.02. The van der Waals surface area contributed by atoms with Crippen LogP contribution in [0.5, 0.6) is 0 Å². The highest BCUT2D eigenvalue weighted by atomic mass is 15.3. The Bertz CT molecular complexity index is 420. The summed E-state index contributed by atoms with van der Waals surface area (Å²) in [7, 11) is 1.83.